The number of rotatable bonds is 42. The van der Waals surface area contributed by atoms with Gasteiger partial charge in [-0.05, 0) is 77.0 Å². The van der Waals surface area contributed by atoms with Crippen LogP contribution in [0.25, 0.3) is 0 Å². The molecule has 8 nitrogen and oxygen atoms in total. The van der Waals surface area contributed by atoms with Crippen LogP contribution in [0.15, 0.2) is 60.8 Å². The number of carbonyl (C=O) groups excluding carboxylic acids is 2. The van der Waals surface area contributed by atoms with E-state index in [1.165, 1.54) is 103 Å². The van der Waals surface area contributed by atoms with Gasteiger partial charge < -0.3 is 14.4 Å². The predicted molar refractivity (Wildman–Crippen MR) is 239 cm³/mol. The van der Waals surface area contributed by atoms with Crippen LogP contribution in [0.1, 0.15) is 206 Å². The monoisotopic (exact) mass is 821 g/mol. The van der Waals surface area contributed by atoms with E-state index in [9.17, 15) is 19.0 Å². The molecular formula is C48H85O8P. The van der Waals surface area contributed by atoms with Gasteiger partial charge in [0.15, 0.2) is 6.10 Å². The minimum absolute atomic E-state index is 0.215. The van der Waals surface area contributed by atoms with Gasteiger partial charge in [-0.15, -0.1) is 0 Å². The molecule has 2 atom stereocenters. The Hall–Kier alpha value is -2.25. The van der Waals surface area contributed by atoms with Gasteiger partial charge in [-0.1, -0.05) is 177 Å². The average Bonchev–Trinajstić information content (AvgIpc) is 3.20. The maximum absolute atomic E-state index is 12.5. The van der Waals surface area contributed by atoms with Crippen molar-refractivity contribution < 1.29 is 37.6 Å². The summed E-state index contributed by atoms with van der Waals surface area (Å²) in [7, 11) is -3.22. The number of unbranched alkanes of at least 4 members (excludes halogenated alkanes) is 21. The molecule has 9 heteroatoms. The lowest BCUT2D eigenvalue weighted by Gasteiger charge is -2.19. The number of ether oxygens (including phenoxy) is 2. The van der Waals surface area contributed by atoms with Crippen LogP contribution in [0.5, 0.6) is 0 Å². The number of esters is 2. The Bertz CT molecular complexity index is 1110. The minimum atomic E-state index is -4.27. The van der Waals surface area contributed by atoms with Crippen LogP contribution in [0.3, 0.4) is 0 Å². The zero-order chi connectivity index (χ0) is 41.8. The van der Waals surface area contributed by atoms with Crippen LogP contribution in [0.4, 0.5) is 0 Å². The molecular weight excluding hydrogens is 735 g/mol. The summed E-state index contributed by atoms with van der Waals surface area (Å²) in [5, 5.41) is 0. The number of phosphoric acid groups is 1. The molecule has 0 rings (SSSR count). The highest BCUT2D eigenvalue weighted by molar-refractivity contribution is 7.47. The van der Waals surface area contributed by atoms with Gasteiger partial charge in [0.2, 0.25) is 0 Å². The number of hydrogen-bond acceptors (Lipinski definition) is 7. The Balaban J connectivity index is 3.99. The number of carbonyl (C=O) groups is 2. The van der Waals surface area contributed by atoms with E-state index < -0.39 is 26.5 Å². The molecule has 0 spiro atoms. The van der Waals surface area contributed by atoms with Gasteiger partial charge in [0.1, 0.15) is 6.61 Å². The number of hydrogen-bond donors (Lipinski definition) is 1. The van der Waals surface area contributed by atoms with E-state index >= 15 is 0 Å². The molecule has 57 heavy (non-hydrogen) atoms. The van der Waals surface area contributed by atoms with E-state index in [1.54, 1.807) is 0 Å². The van der Waals surface area contributed by atoms with E-state index in [-0.39, 0.29) is 25.4 Å². The molecule has 0 aromatic heterocycles. The maximum atomic E-state index is 12.5. The molecule has 0 fully saturated rings. The van der Waals surface area contributed by atoms with Crippen molar-refractivity contribution in [2.24, 2.45) is 0 Å². The first-order chi connectivity index (χ1) is 27.8. The van der Waals surface area contributed by atoms with Crippen LogP contribution in [-0.2, 0) is 32.7 Å². The van der Waals surface area contributed by atoms with Crippen molar-refractivity contribution in [3.63, 3.8) is 0 Å². The van der Waals surface area contributed by atoms with E-state index in [2.05, 4.69) is 79.1 Å². The summed E-state index contributed by atoms with van der Waals surface area (Å²) >= 11 is 0. The van der Waals surface area contributed by atoms with Gasteiger partial charge in [-0.3, -0.25) is 18.6 Å². The van der Waals surface area contributed by atoms with Crippen molar-refractivity contribution in [3.8, 4) is 0 Å². The van der Waals surface area contributed by atoms with E-state index in [0.29, 0.717) is 6.42 Å². The highest BCUT2D eigenvalue weighted by Gasteiger charge is 2.24. The molecule has 0 aromatic carbocycles. The first-order valence-corrected chi connectivity index (χ1v) is 24.5. The quantitative estimate of drug-likeness (QED) is 0.0281. The predicted octanol–water partition coefficient (Wildman–Crippen LogP) is 14.7. The summed E-state index contributed by atoms with van der Waals surface area (Å²) in [6.45, 7) is 3.76. The standard InChI is InChI=1S/C48H85O8P/c1-4-6-8-10-12-14-16-18-20-22-23-24-25-27-28-30-32-34-36-38-40-42-47(49)54-44-46(45-55-57(51,52)53-3)56-48(50)43-41-39-37-35-33-31-29-26-21-19-17-15-13-11-9-7-5-2/h7,9,13,15,19,21-23,29,31,46H,4-6,8,10-12,14,16-18,20,24-28,30,32-45H2,1-3H3,(H,51,52)/b9-7-,15-13-,21-19-,23-22-,31-29-. The Kier molecular flexibility index (Phi) is 41.6. The fraction of sp³-hybridized carbons (Fsp3) is 0.750. The molecule has 0 aliphatic rings. The van der Waals surface area contributed by atoms with E-state index in [0.717, 1.165) is 77.7 Å². The summed E-state index contributed by atoms with van der Waals surface area (Å²) in [6, 6.07) is 0. The molecule has 0 aliphatic carbocycles. The molecule has 0 saturated heterocycles. The SMILES string of the molecule is CC/C=C\C/C=C\C/C=C\C/C=C\CCCCCCC(=O)OC(COC(=O)CCCCCCCCCCC/C=C\CCCCCCCCCC)COP(=O)(O)OC. The molecule has 0 saturated carbocycles. The van der Waals surface area contributed by atoms with Crippen LogP contribution >= 0.6 is 7.82 Å². The Labute approximate surface area is 350 Å². The summed E-state index contributed by atoms with van der Waals surface area (Å²) in [5.41, 5.74) is 0. The second-order valence-corrected chi connectivity index (χ2v) is 16.7. The molecule has 0 aromatic rings. The van der Waals surface area contributed by atoms with Crippen molar-refractivity contribution >= 4 is 19.8 Å². The third kappa shape index (κ3) is 43.2. The minimum Gasteiger partial charge on any atom is -0.462 e. The molecule has 2 unspecified atom stereocenters. The zero-order valence-corrected chi connectivity index (χ0v) is 37.6. The normalized spacial score (nSPS) is 13.8. The van der Waals surface area contributed by atoms with Crippen LogP contribution < -0.4 is 0 Å². The molecule has 0 radical (unpaired) electrons. The Morgan fingerprint density at radius 2 is 0.895 bits per heavy atom. The van der Waals surface area contributed by atoms with E-state index in [4.69, 9.17) is 14.0 Å². The van der Waals surface area contributed by atoms with Crippen molar-refractivity contribution in [1.82, 2.24) is 0 Å². The molecule has 0 amide bonds. The topological polar surface area (TPSA) is 108 Å². The summed E-state index contributed by atoms with van der Waals surface area (Å²) in [6.07, 6.45) is 54.2. The van der Waals surface area contributed by atoms with Crippen molar-refractivity contribution in [1.29, 1.82) is 0 Å². The van der Waals surface area contributed by atoms with Crippen molar-refractivity contribution in [2.75, 3.05) is 20.3 Å². The van der Waals surface area contributed by atoms with Gasteiger partial charge in [0, 0.05) is 20.0 Å². The lowest BCUT2D eigenvalue weighted by Crippen LogP contribution is -2.29. The fourth-order valence-corrected chi connectivity index (χ4v) is 6.69. The van der Waals surface area contributed by atoms with Crippen LogP contribution in [0, 0.1) is 0 Å². The van der Waals surface area contributed by atoms with Crippen molar-refractivity contribution in [2.45, 2.75) is 213 Å². The molecule has 0 bridgehead atoms. The second kappa shape index (κ2) is 43.3. The smallest absolute Gasteiger partial charge is 0.462 e. The van der Waals surface area contributed by atoms with Crippen molar-refractivity contribution in [3.05, 3.63) is 60.8 Å². The van der Waals surface area contributed by atoms with Crippen LogP contribution in [0.2, 0.25) is 0 Å². The highest BCUT2D eigenvalue weighted by atomic mass is 31.2. The number of phosphoric ester groups is 1. The Morgan fingerprint density at radius 1 is 0.509 bits per heavy atom. The third-order valence-corrected chi connectivity index (χ3v) is 10.7. The first kappa shape index (κ1) is 54.8. The largest absolute Gasteiger partial charge is 0.472 e. The lowest BCUT2D eigenvalue weighted by molar-refractivity contribution is -0.161. The fourth-order valence-electron chi connectivity index (χ4n) is 6.23. The average molecular weight is 821 g/mol. The van der Waals surface area contributed by atoms with E-state index in [1.807, 2.05) is 0 Å². The Morgan fingerprint density at radius 3 is 1.35 bits per heavy atom. The molecule has 330 valence electrons. The molecule has 1 N–H and O–H groups in total. The summed E-state index contributed by atoms with van der Waals surface area (Å²) in [5.74, 6) is -0.833. The van der Waals surface area contributed by atoms with Gasteiger partial charge in [0.05, 0.1) is 6.61 Å². The highest BCUT2D eigenvalue weighted by Crippen LogP contribution is 2.42. The first-order valence-electron chi connectivity index (χ1n) is 23.0. The molecule has 0 heterocycles. The van der Waals surface area contributed by atoms with Crippen LogP contribution in [-0.4, -0.2) is 43.3 Å². The van der Waals surface area contributed by atoms with Gasteiger partial charge in [-0.25, -0.2) is 4.57 Å². The molecule has 0 aliphatic heterocycles. The lowest BCUT2D eigenvalue weighted by atomic mass is 10.1. The van der Waals surface area contributed by atoms with Gasteiger partial charge >= 0.3 is 19.8 Å². The number of allylic oxidation sites excluding steroid dienone is 10. The zero-order valence-electron chi connectivity index (χ0n) is 36.7. The van der Waals surface area contributed by atoms with Gasteiger partial charge in [-0.2, -0.15) is 0 Å². The van der Waals surface area contributed by atoms with Gasteiger partial charge in [0.25, 0.3) is 0 Å². The third-order valence-electron chi connectivity index (χ3n) is 9.75. The summed E-state index contributed by atoms with van der Waals surface area (Å²) in [4.78, 5) is 34.5. The maximum Gasteiger partial charge on any atom is 0.472 e. The second-order valence-electron chi connectivity index (χ2n) is 15.2. The summed E-state index contributed by atoms with van der Waals surface area (Å²) < 4.78 is 32.0.